The first kappa shape index (κ1) is 13.1. The van der Waals surface area contributed by atoms with Crippen LogP contribution in [-0.2, 0) is 0 Å². The predicted octanol–water partition coefficient (Wildman–Crippen LogP) is 5.43. The van der Waals surface area contributed by atoms with E-state index < -0.39 is 0 Å². The second-order valence-electron chi connectivity index (χ2n) is 5.80. The van der Waals surface area contributed by atoms with Crippen molar-refractivity contribution in [2.24, 2.45) is 0 Å². The molecule has 0 atom stereocenters. The Morgan fingerprint density at radius 3 is 1.83 bits per heavy atom. The van der Waals surface area contributed by atoms with Gasteiger partial charge in [0.15, 0.2) is 0 Å². The first-order valence-corrected chi connectivity index (χ1v) is 6.78. The van der Waals surface area contributed by atoms with Crippen molar-refractivity contribution in [2.75, 3.05) is 0 Å². The van der Waals surface area contributed by atoms with Crippen LogP contribution in [0.1, 0.15) is 55.0 Å². The van der Waals surface area contributed by atoms with Gasteiger partial charge < -0.3 is 0 Å². The number of benzene rings is 1. The average molecular weight is 240 g/mol. The zero-order chi connectivity index (χ0) is 13.6. The van der Waals surface area contributed by atoms with E-state index >= 15 is 0 Å². The maximum absolute atomic E-state index is 2.38. The lowest BCUT2D eigenvalue weighted by molar-refractivity contribution is 1.17. The molecule has 0 radical (unpaired) electrons. The van der Waals surface area contributed by atoms with Gasteiger partial charge in [0, 0.05) is 0 Å². The van der Waals surface area contributed by atoms with Crippen molar-refractivity contribution in [3.63, 3.8) is 0 Å². The summed E-state index contributed by atoms with van der Waals surface area (Å²) in [7, 11) is 0. The van der Waals surface area contributed by atoms with Gasteiger partial charge in [-0.1, -0.05) is 11.6 Å². The third-order valence-electron chi connectivity index (χ3n) is 4.90. The lowest BCUT2D eigenvalue weighted by atomic mass is 9.89. The highest BCUT2D eigenvalue weighted by Crippen LogP contribution is 2.40. The lowest BCUT2D eigenvalue weighted by Gasteiger charge is -2.16. The summed E-state index contributed by atoms with van der Waals surface area (Å²) in [6, 6.07) is 2.38. The Morgan fingerprint density at radius 1 is 0.722 bits per heavy atom. The zero-order valence-corrected chi connectivity index (χ0v) is 12.8. The highest BCUT2D eigenvalue weighted by molar-refractivity contribution is 5.80. The summed E-state index contributed by atoms with van der Waals surface area (Å²) in [6.45, 7) is 15.7. The molecule has 1 aliphatic carbocycles. The summed E-state index contributed by atoms with van der Waals surface area (Å²) in [6.07, 6.45) is 1.13. The average Bonchev–Trinajstić information content (AvgIpc) is 2.59. The molecular formula is C18H24. The molecule has 0 nitrogen and oxygen atoms in total. The Balaban J connectivity index is 2.63. The molecule has 96 valence electrons. The summed E-state index contributed by atoms with van der Waals surface area (Å²) in [4.78, 5) is 0. The molecule has 0 spiro atoms. The molecule has 0 heteroatoms. The van der Waals surface area contributed by atoms with Crippen LogP contribution in [0.2, 0.25) is 0 Å². The van der Waals surface area contributed by atoms with Crippen molar-refractivity contribution in [2.45, 2.75) is 54.9 Å². The van der Waals surface area contributed by atoms with Crippen LogP contribution in [0.25, 0.3) is 5.57 Å². The second kappa shape index (κ2) is 4.42. The lowest BCUT2D eigenvalue weighted by Crippen LogP contribution is -1.98. The molecule has 1 aliphatic rings. The summed E-state index contributed by atoms with van der Waals surface area (Å²) in [5.41, 5.74) is 13.3. The van der Waals surface area contributed by atoms with E-state index in [1.54, 1.807) is 0 Å². The molecule has 0 saturated heterocycles. The zero-order valence-electron chi connectivity index (χ0n) is 12.8. The van der Waals surface area contributed by atoms with Crippen molar-refractivity contribution in [3.05, 3.63) is 50.6 Å². The molecule has 2 rings (SSSR count). The predicted molar refractivity (Wildman–Crippen MR) is 81.0 cm³/mol. The van der Waals surface area contributed by atoms with E-state index in [0.29, 0.717) is 0 Å². The Morgan fingerprint density at radius 2 is 1.33 bits per heavy atom. The van der Waals surface area contributed by atoms with Crippen LogP contribution in [0.15, 0.2) is 22.8 Å². The van der Waals surface area contributed by atoms with Crippen LogP contribution in [0.4, 0.5) is 0 Å². The fraction of sp³-hybridized carbons (Fsp3) is 0.444. The van der Waals surface area contributed by atoms with Crippen molar-refractivity contribution in [1.82, 2.24) is 0 Å². The highest BCUT2D eigenvalue weighted by atomic mass is 14.2. The number of allylic oxidation sites excluding steroid dienone is 4. The maximum atomic E-state index is 2.38. The molecule has 0 aliphatic heterocycles. The van der Waals surface area contributed by atoms with Gasteiger partial charge in [-0.05, 0) is 99.4 Å². The number of hydrogen-bond acceptors (Lipinski definition) is 0. The normalized spacial score (nSPS) is 15.9. The van der Waals surface area contributed by atoms with Crippen LogP contribution in [0.5, 0.6) is 0 Å². The van der Waals surface area contributed by atoms with Gasteiger partial charge in [0.25, 0.3) is 0 Å². The Bertz CT molecular complexity index is 581. The molecule has 18 heavy (non-hydrogen) atoms. The minimum atomic E-state index is 1.13. The summed E-state index contributed by atoms with van der Waals surface area (Å²) in [5.74, 6) is 0. The monoisotopic (exact) mass is 240 g/mol. The van der Waals surface area contributed by atoms with Crippen molar-refractivity contribution < 1.29 is 0 Å². The van der Waals surface area contributed by atoms with Gasteiger partial charge in [0.1, 0.15) is 0 Å². The molecule has 0 saturated carbocycles. The van der Waals surface area contributed by atoms with Crippen LogP contribution in [0, 0.1) is 27.7 Å². The molecule has 0 bridgehead atoms. The molecule has 0 heterocycles. The highest BCUT2D eigenvalue weighted by Gasteiger charge is 2.19. The van der Waals surface area contributed by atoms with Crippen molar-refractivity contribution in [3.8, 4) is 0 Å². The fourth-order valence-electron chi connectivity index (χ4n) is 2.90. The molecule has 1 aromatic carbocycles. The van der Waals surface area contributed by atoms with Gasteiger partial charge in [-0.25, -0.2) is 0 Å². The molecule has 1 aromatic rings. The molecule has 0 aromatic heterocycles. The molecular weight excluding hydrogens is 216 g/mol. The molecule has 0 unspecified atom stereocenters. The van der Waals surface area contributed by atoms with E-state index in [0.717, 1.165) is 6.42 Å². The minimum absolute atomic E-state index is 1.13. The van der Waals surface area contributed by atoms with Gasteiger partial charge in [-0.2, -0.15) is 0 Å². The van der Waals surface area contributed by atoms with Crippen molar-refractivity contribution in [1.29, 1.82) is 0 Å². The molecule has 0 N–H and O–H groups in total. The first-order chi connectivity index (χ1) is 8.34. The third kappa shape index (κ3) is 1.84. The number of aryl methyl sites for hydroxylation is 1. The number of rotatable bonds is 1. The van der Waals surface area contributed by atoms with Crippen LogP contribution in [-0.4, -0.2) is 0 Å². The standard InChI is InChI=1S/C18H24/c1-10-8-18(16(7)14(5)12(10)3)17-9-11(2)13(4)15(17)6/h8H,9H2,1-7H3. The first-order valence-electron chi connectivity index (χ1n) is 6.78. The maximum Gasteiger partial charge on any atom is -0.00553 e. The smallest absolute Gasteiger partial charge is 0.00553 e. The number of hydrogen-bond donors (Lipinski definition) is 0. The van der Waals surface area contributed by atoms with Gasteiger partial charge in [0.05, 0.1) is 0 Å². The van der Waals surface area contributed by atoms with E-state index in [2.05, 4.69) is 54.5 Å². The van der Waals surface area contributed by atoms with Gasteiger partial charge in [-0.3, -0.25) is 0 Å². The topological polar surface area (TPSA) is 0 Å². The Kier molecular flexibility index (Phi) is 3.23. The third-order valence-corrected chi connectivity index (χ3v) is 4.90. The van der Waals surface area contributed by atoms with Crippen LogP contribution < -0.4 is 0 Å². The van der Waals surface area contributed by atoms with E-state index in [1.165, 1.54) is 50.1 Å². The Labute approximate surface area is 111 Å². The van der Waals surface area contributed by atoms with Gasteiger partial charge in [-0.15, -0.1) is 0 Å². The minimum Gasteiger partial charge on any atom is -0.0657 e. The van der Waals surface area contributed by atoms with E-state index in [4.69, 9.17) is 0 Å². The molecule has 0 amide bonds. The molecule has 0 fully saturated rings. The van der Waals surface area contributed by atoms with Crippen molar-refractivity contribution >= 4 is 5.57 Å². The van der Waals surface area contributed by atoms with Crippen LogP contribution in [0.3, 0.4) is 0 Å². The SMILES string of the molecule is CC1=C(C)C(C)=C(c2cc(C)c(C)c(C)c2C)C1. The van der Waals surface area contributed by atoms with E-state index in [1.807, 2.05) is 0 Å². The summed E-state index contributed by atoms with van der Waals surface area (Å²) in [5, 5.41) is 0. The van der Waals surface area contributed by atoms with Crippen LogP contribution >= 0.6 is 0 Å². The van der Waals surface area contributed by atoms with E-state index in [-0.39, 0.29) is 0 Å². The summed E-state index contributed by atoms with van der Waals surface area (Å²) >= 11 is 0. The van der Waals surface area contributed by atoms with E-state index in [9.17, 15) is 0 Å². The van der Waals surface area contributed by atoms with Gasteiger partial charge >= 0.3 is 0 Å². The van der Waals surface area contributed by atoms with Gasteiger partial charge in [0.2, 0.25) is 0 Å². The fourth-order valence-corrected chi connectivity index (χ4v) is 2.90. The Hall–Kier alpha value is -1.30. The largest absolute Gasteiger partial charge is 0.0657 e. The second-order valence-corrected chi connectivity index (χ2v) is 5.80. The quantitative estimate of drug-likeness (QED) is 0.613. The summed E-state index contributed by atoms with van der Waals surface area (Å²) < 4.78 is 0.